The summed E-state index contributed by atoms with van der Waals surface area (Å²) < 4.78 is 0. The van der Waals surface area contributed by atoms with Crippen LogP contribution in [-0.4, -0.2) is 55.0 Å². The second kappa shape index (κ2) is 5.63. The van der Waals surface area contributed by atoms with Gasteiger partial charge in [-0.2, -0.15) is 0 Å². The number of rotatable bonds is 2. The molecule has 1 saturated carbocycles. The van der Waals surface area contributed by atoms with Gasteiger partial charge < -0.3 is 15.1 Å². The van der Waals surface area contributed by atoms with Gasteiger partial charge in [0.25, 0.3) is 5.91 Å². The summed E-state index contributed by atoms with van der Waals surface area (Å²) in [7, 11) is 3.50. The number of hydrogen-bond acceptors (Lipinski definition) is 2. The number of hydrogen-bond donors (Lipinski definition) is 1. The van der Waals surface area contributed by atoms with Crippen molar-refractivity contribution in [2.24, 2.45) is 5.41 Å². The second-order valence-electron chi connectivity index (χ2n) is 6.79. The van der Waals surface area contributed by atoms with Crippen LogP contribution in [0.15, 0.2) is 30.3 Å². The molecule has 0 atom stereocenters. The Morgan fingerprint density at radius 3 is 2.55 bits per heavy atom. The molecule has 1 aliphatic carbocycles. The maximum atomic E-state index is 12.5. The van der Waals surface area contributed by atoms with Gasteiger partial charge in [0.2, 0.25) is 0 Å². The first-order valence-electron chi connectivity index (χ1n) is 7.81. The minimum atomic E-state index is -0.0323. The molecule has 0 bridgehead atoms. The molecule has 2 fully saturated rings. The van der Waals surface area contributed by atoms with E-state index in [4.69, 9.17) is 0 Å². The summed E-state index contributed by atoms with van der Waals surface area (Å²) in [6.07, 6.45) is 3.00. The summed E-state index contributed by atoms with van der Waals surface area (Å²) in [5, 5.41) is 3.03. The molecule has 1 aliphatic heterocycles. The van der Waals surface area contributed by atoms with Gasteiger partial charge in [-0.1, -0.05) is 18.2 Å². The van der Waals surface area contributed by atoms with E-state index < -0.39 is 0 Å². The van der Waals surface area contributed by atoms with E-state index in [-0.39, 0.29) is 23.4 Å². The number of benzene rings is 1. The third-order valence-electron chi connectivity index (χ3n) is 4.84. The summed E-state index contributed by atoms with van der Waals surface area (Å²) in [5.41, 5.74) is 0.977. The Bertz CT molecular complexity index is 565. The van der Waals surface area contributed by atoms with Crippen LogP contribution in [0, 0.1) is 5.41 Å². The summed E-state index contributed by atoms with van der Waals surface area (Å²) in [4.78, 5) is 27.6. The van der Waals surface area contributed by atoms with E-state index in [1.807, 2.05) is 35.2 Å². The normalized spacial score (nSPS) is 26.6. The zero-order chi connectivity index (χ0) is 15.7. The monoisotopic (exact) mass is 301 g/mol. The molecule has 1 aromatic carbocycles. The molecule has 22 heavy (non-hydrogen) atoms. The van der Waals surface area contributed by atoms with Crippen LogP contribution < -0.4 is 5.32 Å². The van der Waals surface area contributed by atoms with Crippen LogP contribution in [-0.2, 0) is 0 Å². The fraction of sp³-hybridized carbons (Fsp3) is 0.529. The summed E-state index contributed by atoms with van der Waals surface area (Å²) in [5.74, 6) is 0.123. The van der Waals surface area contributed by atoms with Crippen molar-refractivity contribution >= 4 is 11.9 Å². The molecule has 2 aliphatic rings. The molecule has 1 N–H and O–H groups in total. The highest BCUT2D eigenvalue weighted by atomic mass is 16.2. The van der Waals surface area contributed by atoms with Gasteiger partial charge in [0.15, 0.2) is 0 Å². The van der Waals surface area contributed by atoms with Crippen LogP contribution in [0.4, 0.5) is 4.79 Å². The first kappa shape index (κ1) is 14.9. The van der Waals surface area contributed by atoms with Crippen LogP contribution in [0.1, 0.15) is 29.6 Å². The van der Waals surface area contributed by atoms with Crippen LogP contribution in [0.2, 0.25) is 0 Å². The Kier molecular flexibility index (Phi) is 3.81. The number of amides is 3. The van der Waals surface area contributed by atoms with Crippen LogP contribution >= 0.6 is 0 Å². The molecule has 118 valence electrons. The SMILES string of the molecule is CN(C)C(=O)NC1CC2(CCN(C(=O)c3ccccc3)C2)C1. The van der Waals surface area contributed by atoms with Gasteiger partial charge in [-0.3, -0.25) is 4.79 Å². The molecule has 1 spiro atoms. The average molecular weight is 301 g/mol. The van der Waals surface area contributed by atoms with Crippen molar-refractivity contribution < 1.29 is 9.59 Å². The predicted octanol–water partition coefficient (Wildman–Crippen LogP) is 1.95. The first-order chi connectivity index (χ1) is 10.5. The smallest absolute Gasteiger partial charge is 0.317 e. The molecule has 3 rings (SSSR count). The number of nitrogens with zero attached hydrogens (tertiary/aromatic N) is 2. The van der Waals surface area contributed by atoms with E-state index in [0.29, 0.717) is 0 Å². The Morgan fingerprint density at radius 1 is 1.23 bits per heavy atom. The van der Waals surface area contributed by atoms with Gasteiger partial charge in [-0.25, -0.2) is 4.79 Å². The molecule has 0 aromatic heterocycles. The van der Waals surface area contributed by atoms with Gasteiger partial charge in [0.1, 0.15) is 0 Å². The zero-order valence-electron chi connectivity index (χ0n) is 13.2. The zero-order valence-corrected chi connectivity index (χ0v) is 13.2. The van der Waals surface area contributed by atoms with Crippen LogP contribution in [0.3, 0.4) is 0 Å². The predicted molar refractivity (Wildman–Crippen MR) is 84.6 cm³/mol. The summed E-state index contributed by atoms with van der Waals surface area (Å²) in [6.45, 7) is 1.64. The molecule has 0 unspecified atom stereocenters. The highest BCUT2D eigenvalue weighted by Crippen LogP contribution is 2.48. The standard InChI is InChI=1S/C17H23N3O2/c1-19(2)16(22)18-14-10-17(11-14)8-9-20(12-17)15(21)13-6-4-3-5-7-13/h3-7,14H,8-12H2,1-2H3,(H,18,22). The third-order valence-corrected chi connectivity index (χ3v) is 4.84. The third kappa shape index (κ3) is 2.80. The lowest BCUT2D eigenvalue weighted by Gasteiger charge is -2.45. The fourth-order valence-corrected chi connectivity index (χ4v) is 3.60. The van der Waals surface area contributed by atoms with Crippen molar-refractivity contribution in [2.75, 3.05) is 27.2 Å². The molecule has 5 nitrogen and oxygen atoms in total. The average Bonchev–Trinajstić information content (AvgIpc) is 2.92. The molecular weight excluding hydrogens is 278 g/mol. The quantitative estimate of drug-likeness (QED) is 0.908. The Hall–Kier alpha value is -2.04. The topological polar surface area (TPSA) is 52.7 Å². The largest absolute Gasteiger partial charge is 0.338 e. The Morgan fingerprint density at radius 2 is 1.91 bits per heavy atom. The van der Waals surface area contributed by atoms with Gasteiger partial charge in [0, 0.05) is 38.8 Å². The molecule has 1 aromatic rings. The van der Waals surface area contributed by atoms with E-state index in [1.54, 1.807) is 19.0 Å². The van der Waals surface area contributed by atoms with Crippen molar-refractivity contribution in [1.29, 1.82) is 0 Å². The minimum Gasteiger partial charge on any atom is -0.338 e. The molecule has 3 amide bonds. The highest BCUT2D eigenvalue weighted by molar-refractivity contribution is 5.94. The number of carbonyl (C=O) groups is 2. The van der Waals surface area contributed by atoms with Crippen molar-refractivity contribution in [2.45, 2.75) is 25.3 Å². The van der Waals surface area contributed by atoms with Crippen molar-refractivity contribution in [3.63, 3.8) is 0 Å². The summed E-state index contributed by atoms with van der Waals surface area (Å²) in [6, 6.07) is 9.68. The van der Waals surface area contributed by atoms with E-state index in [9.17, 15) is 9.59 Å². The fourth-order valence-electron chi connectivity index (χ4n) is 3.60. The number of urea groups is 1. The number of nitrogens with one attached hydrogen (secondary N) is 1. The van der Waals surface area contributed by atoms with Crippen LogP contribution in [0.25, 0.3) is 0 Å². The van der Waals surface area contributed by atoms with Gasteiger partial charge >= 0.3 is 6.03 Å². The van der Waals surface area contributed by atoms with Crippen LogP contribution in [0.5, 0.6) is 0 Å². The van der Waals surface area contributed by atoms with E-state index >= 15 is 0 Å². The molecular formula is C17H23N3O2. The molecule has 1 saturated heterocycles. The maximum absolute atomic E-state index is 12.5. The Balaban J connectivity index is 1.54. The molecule has 0 radical (unpaired) electrons. The van der Waals surface area contributed by atoms with Gasteiger partial charge in [-0.05, 0) is 36.8 Å². The van der Waals surface area contributed by atoms with E-state index in [1.165, 1.54) is 0 Å². The first-order valence-corrected chi connectivity index (χ1v) is 7.81. The van der Waals surface area contributed by atoms with Crippen molar-refractivity contribution in [3.05, 3.63) is 35.9 Å². The lowest BCUT2D eigenvalue weighted by molar-refractivity contribution is 0.0665. The second-order valence-corrected chi connectivity index (χ2v) is 6.79. The summed E-state index contributed by atoms with van der Waals surface area (Å²) >= 11 is 0. The van der Waals surface area contributed by atoms with E-state index in [2.05, 4.69) is 5.32 Å². The van der Waals surface area contributed by atoms with Gasteiger partial charge in [0.05, 0.1) is 0 Å². The minimum absolute atomic E-state index is 0.0323. The van der Waals surface area contributed by atoms with Crippen molar-refractivity contribution in [3.8, 4) is 0 Å². The molecule has 5 heteroatoms. The number of carbonyl (C=O) groups excluding carboxylic acids is 2. The van der Waals surface area contributed by atoms with E-state index in [0.717, 1.165) is 37.9 Å². The highest BCUT2D eigenvalue weighted by Gasteiger charge is 2.49. The Labute approximate surface area is 131 Å². The lowest BCUT2D eigenvalue weighted by atomic mass is 9.65. The van der Waals surface area contributed by atoms with Gasteiger partial charge in [-0.15, -0.1) is 0 Å². The number of likely N-dealkylation sites (tertiary alicyclic amines) is 1. The maximum Gasteiger partial charge on any atom is 0.317 e. The lowest BCUT2D eigenvalue weighted by Crippen LogP contribution is -2.54. The molecule has 1 heterocycles. The van der Waals surface area contributed by atoms with Crippen molar-refractivity contribution in [1.82, 2.24) is 15.1 Å².